The van der Waals surface area contributed by atoms with Crippen molar-refractivity contribution in [3.63, 3.8) is 0 Å². The van der Waals surface area contributed by atoms with Crippen LogP contribution >= 0.6 is 55.1 Å². The van der Waals surface area contributed by atoms with E-state index in [-0.39, 0.29) is 18.0 Å². The van der Waals surface area contributed by atoms with Gasteiger partial charge in [-0.1, -0.05) is 73.3 Å². The fourth-order valence-corrected chi connectivity index (χ4v) is 6.11. The van der Waals surface area contributed by atoms with Crippen LogP contribution in [0.2, 0.25) is 10.0 Å². The first-order valence-electron chi connectivity index (χ1n) is 13.1. The highest BCUT2D eigenvalue weighted by molar-refractivity contribution is 9.11. The average Bonchev–Trinajstić information content (AvgIpc) is 3.40. The molecule has 0 aliphatic rings. The van der Waals surface area contributed by atoms with Crippen molar-refractivity contribution in [2.24, 2.45) is 5.10 Å². The van der Waals surface area contributed by atoms with Crippen molar-refractivity contribution in [3.05, 3.63) is 119 Å². The van der Waals surface area contributed by atoms with Crippen molar-refractivity contribution < 1.29 is 13.9 Å². The standard InChI is InChI=1S/C32H21Br2Cl2N3O4/c1-2-41-28-12-18(11-25(36)30(28)42-17-19-7-8-21(33)15-24(19)34)16-37-39-31(38-26-6-4-3-5-23(26)32(39)40)29-14-20-13-22(35)9-10-27(20)43-29/h3-16H,2,17H2,1H3. The van der Waals surface area contributed by atoms with Crippen LogP contribution < -0.4 is 15.0 Å². The second-order valence-electron chi connectivity index (χ2n) is 9.39. The van der Waals surface area contributed by atoms with E-state index in [1.165, 1.54) is 10.9 Å². The zero-order chi connectivity index (χ0) is 30.1. The Hall–Kier alpha value is -3.63. The Bertz CT molecular complexity index is 2090. The van der Waals surface area contributed by atoms with E-state index in [0.717, 1.165) is 19.9 Å². The minimum absolute atomic E-state index is 0.239. The molecule has 0 unspecified atom stereocenters. The molecule has 4 aromatic carbocycles. The van der Waals surface area contributed by atoms with Gasteiger partial charge in [0.2, 0.25) is 5.82 Å². The highest BCUT2D eigenvalue weighted by Gasteiger charge is 2.18. The number of rotatable bonds is 8. The summed E-state index contributed by atoms with van der Waals surface area (Å²) in [5.74, 6) is 1.46. The van der Waals surface area contributed by atoms with Crippen LogP contribution in [0.1, 0.15) is 18.1 Å². The monoisotopic (exact) mass is 739 g/mol. The number of nitrogens with zero attached hydrogens (tertiary/aromatic N) is 3. The number of furan rings is 1. The lowest BCUT2D eigenvalue weighted by molar-refractivity contribution is 0.269. The van der Waals surface area contributed by atoms with E-state index in [1.807, 2.05) is 31.2 Å². The van der Waals surface area contributed by atoms with Crippen LogP contribution in [-0.4, -0.2) is 22.5 Å². The van der Waals surface area contributed by atoms with Crippen LogP contribution in [0.15, 0.2) is 102 Å². The minimum atomic E-state index is -0.355. The minimum Gasteiger partial charge on any atom is -0.490 e. The molecule has 43 heavy (non-hydrogen) atoms. The molecular weight excluding hydrogens is 721 g/mol. The molecule has 0 radical (unpaired) electrons. The summed E-state index contributed by atoms with van der Waals surface area (Å²) in [4.78, 5) is 18.4. The zero-order valence-electron chi connectivity index (χ0n) is 22.5. The van der Waals surface area contributed by atoms with Crippen LogP contribution in [0, 0.1) is 0 Å². The maximum Gasteiger partial charge on any atom is 0.282 e. The summed E-state index contributed by atoms with van der Waals surface area (Å²) in [6.07, 6.45) is 1.52. The molecule has 6 rings (SSSR count). The van der Waals surface area contributed by atoms with Crippen molar-refractivity contribution in [2.75, 3.05) is 6.61 Å². The fourth-order valence-electron chi connectivity index (χ4n) is 4.49. The van der Waals surface area contributed by atoms with Crippen molar-refractivity contribution in [1.82, 2.24) is 9.66 Å². The lowest BCUT2D eigenvalue weighted by Crippen LogP contribution is -2.20. The van der Waals surface area contributed by atoms with E-state index in [9.17, 15) is 4.79 Å². The number of fused-ring (bicyclic) bond motifs is 2. The normalized spacial score (nSPS) is 11.6. The van der Waals surface area contributed by atoms with Crippen LogP contribution in [0.3, 0.4) is 0 Å². The number of hydrogen-bond acceptors (Lipinski definition) is 6. The fraction of sp³-hybridized carbons (Fsp3) is 0.0938. The maximum atomic E-state index is 13.6. The van der Waals surface area contributed by atoms with Gasteiger partial charge in [-0.3, -0.25) is 4.79 Å². The van der Waals surface area contributed by atoms with E-state index in [0.29, 0.717) is 56.0 Å². The molecule has 0 saturated carbocycles. The molecule has 7 nitrogen and oxygen atoms in total. The van der Waals surface area contributed by atoms with Gasteiger partial charge in [-0.15, -0.1) is 0 Å². The van der Waals surface area contributed by atoms with Gasteiger partial charge < -0.3 is 13.9 Å². The predicted octanol–water partition coefficient (Wildman–Crippen LogP) is 9.50. The molecule has 0 saturated heterocycles. The Morgan fingerprint density at radius 3 is 2.65 bits per heavy atom. The summed E-state index contributed by atoms with van der Waals surface area (Å²) >= 11 is 19.9. The molecule has 6 aromatic rings. The Balaban J connectivity index is 1.40. The molecule has 0 aliphatic heterocycles. The van der Waals surface area contributed by atoms with Crippen LogP contribution in [-0.2, 0) is 6.61 Å². The Morgan fingerprint density at radius 1 is 1.00 bits per heavy atom. The summed E-state index contributed by atoms with van der Waals surface area (Å²) in [6, 6.07) is 23.4. The van der Waals surface area contributed by atoms with E-state index in [4.69, 9.17) is 42.1 Å². The van der Waals surface area contributed by atoms with E-state index in [2.05, 4.69) is 37.0 Å². The second kappa shape index (κ2) is 12.5. The largest absolute Gasteiger partial charge is 0.490 e. The molecule has 0 N–H and O–H groups in total. The number of hydrogen-bond donors (Lipinski definition) is 0. The number of para-hydroxylation sites is 1. The molecule has 0 fully saturated rings. The van der Waals surface area contributed by atoms with Crippen LogP contribution in [0.4, 0.5) is 0 Å². The maximum absolute atomic E-state index is 13.6. The number of aromatic nitrogens is 2. The average molecular weight is 742 g/mol. The van der Waals surface area contributed by atoms with Gasteiger partial charge in [0.25, 0.3) is 5.56 Å². The van der Waals surface area contributed by atoms with Crippen LogP contribution in [0.5, 0.6) is 11.5 Å². The summed E-state index contributed by atoms with van der Waals surface area (Å²) < 4.78 is 21.1. The Kier molecular flexibility index (Phi) is 8.59. The molecule has 11 heteroatoms. The molecule has 2 aromatic heterocycles. The first kappa shape index (κ1) is 29.4. The lowest BCUT2D eigenvalue weighted by Gasteiger charge is -2.15. The van der Waals surface area contributed by atoms with Gasteiger partial charge in [0.05, 0.1) is 28.7 Å². The van der Waals surface area contributed by atoms with Crippen molar-refractivity contribution >= 4 is 83.1 Å². The number of ether oxygens (including phenoxy) is 2. The summed E-state index contributed by atoms with van der Waals surface area (Å²) in [5.41, 5.74) is 2.31. The van der Waals surface area contributed by atoms with Gasteiger partial charge in [0, 0.05) is 24.9 Å². The van der Waals surface area contributed by atoms with Gasteiger partial charge in [0.15, 0.2) is 17.3 Å². The van der Waals surface area contributed by atoms with E-state index in [1.54, 1.807) is 54.6 Å². The van der Waals surface area contributed by atoms with Crippen molar-refractivity contribution in [1.29, 1.82) is 0 Å². The second-order valence-corrected chi connectivity index (χ2v) is 12.0. The summed E-state index contributed by atoms with van der Waals surface area (Å²) in [7, 11) is 0. The summed E-state index contributed by atoms with van der Waals surface area (Å²) in [6.45, 7) is 2.53. The summed E-state index contributed by atoms with van der Waals surface area (Å²) in [5, 5.41) is 6.64. The quantitative estimate of drug-likeness (QED) is 0.145. The Morgan fingerprint density at radius 2 is 1.84 bits per heavy atom. The van der Waals surface area contributed by atoms with Gasteiger partial charge >= 0.3 is 0 Å². The predicted molar refractivity (Wildman–Crippen MR) is 178 cm³/mol. The molecule has 0 atom stereocenters. The third kappa shape index (κ3) is 6.21. The molecule has 0 spiro atoms. The van der Waals surface area contributed by atoms with Gasteiger partial charge in [0.1, 0.15) is 12.2 Å². The lowest BCUT2D eigenvalue weighted by atomic mass is 10.2. The van der Waals surface area contributed by atoms with Gasteiger partial charge in [-0.2, -0.15) is 9.78 Å². The molecule has 0 aliphatic carbocycles. The van der Waals surface area contributed by atoms with Crippen LogP contribution in [0.25, 0.3) is 33.5 Å². The number of halogens is 4. The topological polar surface area (TPSA) is 78.9 Å². The van der Waals surface area contributed by atoms with E-state index < -0.39 is 0 Å². The molecule has 216 valence electrons. The highest BCUT2D eigenvalue weighted by atomic mass is 79.9. The van der Waals surface area contributed by atoms with Gasteiger partial charge in [-0.25, -0.2) is 4.98 Å². The highest BCUT2D eigenvalue weighted by Crippen LogP contribution is 2.37. The molecule has 2 heterocycles. The SMILES string of the molecule is CCOc1cc(C=Nn2c(-c3cc4cc(Cl)ccc4o3)nc3ccccc3c2=O)cc(Cl)c1OCc1ccc(Br)cc1Br. The molecule has 0 bridgehead atoms. The van der Waals surface area contributed by atoms with Crippen molar-refractivity contribution in [3.8, 4) is 23.1 Å². The first-order valence-corrected chi connectivity index (χ1v) is 15.4. The Labute approximate surface area is 272 Å². The van der Waals surface area contributed by atoms with Crippen molar-refractivity contribution in [2.45, 2.75) is 13.5 Å². The molecular formula is C32H21Br2Cl2N3O4. The zero-order valence-corrected chi connectivity index (χ0v) is 27.2. The van der Waals surface area contributed by atoms with E-state index >= 15 is 0 Å². The third-order valence-electron chi connectivity index (χ3n) is 6.49. The molecule has 0 amide bonds. The number of benzene rings is 4. The smallest absolute Gasteiger partial charge is 0.282 e. The first-order chi connectivity index (χ1) is 20.8. The van der Waals surface area contributed by atoms with Gasteiger partial charge in [-0.05, 0) is 73.2 Å². The third-order valence-corrected chi connectivity index (χ3v) is 8.24.